The Kier molecular flexibility index (Phi) is 3.52. The lowest BCUT2D eigenvalue weighted by molar-refractivity contribution is 0.475. The molecule has 1 aromatic heterocycles. The van der Waals surface area contributed by atoms with E-state index in [2.05, 4.69) is 9.88 Å². The van der Waals surface area contributed by atoms with Gasteiger partial charge in [0.25, 0.3) is 0 Å². The normalized spacial score (nSPS) is 15.2. The molecule has 1 saturated heterocycles. The summed E-state index contributed by atoms with van der Waals surface area (Å²) in [6, 6.07) is 10.4. The summed E-state index contributed by atoms with van der Waals surface area (Å²) in [4.78, 5) is 8.37. The van der Waals surface area contributed by atoms with Crippen LogP contribution in [0.15, 0.2) is 40.8 Å². The monoisotopic (exact) mass is 327 g/mol. The van der Waals surface area contributed by atoms with Gasteiger partial charge in [0.15, 0.2) is 11.5 Å². The standard InChI is InChI=1S/C18H18FN3O2/c1-12-20-16-10-15(19)17(11-18(16)24-12)22-7-5-21(6-8-22)13-3-2-4-14(23)9-13/h2-4,9-11,23H,5-8H2,1H3. The maximum atomic E-state index is 14.4. The van der Waals surface area contributed by atoms with Crippen molar-refractivity contribution in [3.05, 3.63) is 48.1 Å². The lowest BCUT2D eigenvalue weighted by Crippen LogP contribution is -2.46. The number of aromatic nitrogens is 1. The summed E-state index contributed by atoms with van der Waals surface area (Å²) in [6.45, 7) is 4.68. The van der Waals surface area contributed by atoms with Crippen LogP contribution >= 0.6 is 0 Å². The molecule has 1 fully saturated rings. The van der Waals surface area contributed by atoms with Crippen molar-refractivity contribution in [2.75, 3.05) is 36.0 Å². The van der Waals surface area contributed by atoms with Crippen LogP contribution in [0.2, 0.25) is 0 Å². The first-order chi connectivity index (χ1) is 11.6. The summed E-state index contributed by atoms with van der Waals surface area (Å²) in [7, 11) is 0. The van der Waals surface area contributed by atoms with Crippen molar-refractivity contribution >= 4 is 22.5 Å². The highest BCUT2D eigenvalue weighted by Crippen LogP contribution is 2.28. The second-order valence-corrected chi connectivity index (χ2v) is 6.00. The van der Waals surface area contributed by atoms with E-state index in [0.29, 0.717) is 35.8 Å². The molecule has 3 aromatic rings. The molecule has 0 bridgehead atoms. The summed E-state index contributed by atoms with van der Waals surface area (Å²) in [5, 5.41) is 9.61. The molecule has 0 unspecified atom stereocenters. The number of aromatic hydroxyl groups is 1. The zero-order valence-corrected chi connectivity index (χ0v) is 13.4. The van der Waals surface area contributed by atoms with Crippen LogP contribution < -0.4 is 9.80 Å². The Balaban J connectivity index is 1.54. The van der Waals surface area contributed by atoms with Crippen LogP contribution in [-0.4, -0.2) is 36.3 Å². The molecule has 4 rings (SSSR count). The molecular formula is C18H18FN3O2. The van der Waals surface area contributed by atoms with Gasteiger partial charge in [0.2, 0.25) is 0 Å². The molecule has 2 heterocycles. The van der Waals surface area contributed by atoms with E-state index in [1.165, 1.54) is 6.07 Å². The molecule has 1 aliphatic rings. The van der Waals surface area contributed by atoms with Gasteiger partial charge in [-0.25, -0.2) is 9.37 Å². The molecule has 0 radical (unpaired) electrons. The fourth-order valence-electron chi connectivity index (χ4n) is 3.19. The van der Waals surface area contributed by atoms with Crippen LogP contribution in [0.25, 0.3) is 11.1 Å². The van der Waals surface area contributed by atoms with Gasteiger partial charge < -0.3 is 19.3 Å². The summed E-state index contributed by atoms with van der Waals surface area (Å²) in [5.41, 5.74) is 2.69. The largest absolute Gasteiger partial charge is 0.508 e. The number of nitrogens with zero attached hydrogens (tertiary/aromatic N) is 3. The first-order valence-corrected chi connectivity index (χ1v) is 7.96. The van der Waals surface area contributed by atoms with E-state index >= 15 is 0 Å². The Hall–Kier alpha value is -2.76. The maximum absolute atomic E-state index is 14.4. The average Bonchev–Trinajstić information content (AvgIpc) is 2.93. The molecule has 5 nitrogen and oxygen atoms in total. The van der Waals surface area contributed by atoms with Gasteiger partial charge in [-0.1, -0.05) is 6.07 Å². The smallest absolute Gasteiger partial charge is 0.192 e. The van der Waals surface area contributed by atoms with Crippen LogP contribution in [0.4, 0.5) is 15.8 Å². The maximum Gasteiger partial charge on any atom is 0.192 e. The van der Waals surface area contributed by atoms with E-state index in [0.717, 1.165) is 18.8 Å². The van der Waals surface area contributed by atoms with Crippen LogP contribution in [0.3, 0.4) is 0 Å². The molecule has 0 saturated carbocycles. The SMILES string of the molecule is Cc1nc2cc(F)c(N3CCN(c4cccc(O)c4)CC3)cc2o1. The van der Waals surface area contributed by atoms with Gasteiger partial charge in [0.1, 0.15) is 17.1 Å². The lowest BCUT2D eigenvalue weighted by atomic mass is 10.2. The Bertz CT molecular complexity index is 885. The third-order valence-corrected chi connectivity index (χ3v) is 4.38. The van der Waals surface area contributed by atoms with Crippen molar-refractivity contribution in [2.24, 2.45) is 0 Å². The number of phenols is 1. The predicted molar refractivity (Wildman–Crippen MR) is 91.2 cm³/mol. The zero-order valence-electron chi connectivity index (χ0n) is 13.4. The first kappa shape index (κ1) is 14.8. The lowest BCUT2D eigenvalue weighted by Gasteiger charge is -2.37. The number of rotatable bonds is 2. The number of hydrogen-bond donors (Lipinski definition) is 1. The number of phenolic OH excluding ortho intramolecular Hbond substituents is 1. The Morgan fingerprint density at radius 2 is 1.83 bits per heavy atom. The van der Waals surface area contributed by atoms with Gasteiger partial charge in [0.05, 0.1) is 5.69 Å². The fraction of sp³-hybridized carbons (Fsp3) is 0.278. The highest BCUT2D eigenvalue weighted by Gasteiger charge is 2.21. The van der Waals surface area contributed by atoms with Gasteiger partial charge in [-0.2, -0.15) is 0 Å². The third-order valence-electron chi connectivity index (χ3n) is 4.38. The molecular weight excluding hydrogens is 309 g/mol. The third kappa shape index (κ3) is 2.64. The molecule has 124 valence electrons. The van der Waals surface area contributed by atoms with Crippen LogP contribution in [0.5, 0.6) is 5.75 Å². The number of benzene rings is 2. The fourth-order valence-corrected chi connectivity index (χ4v) is 3.19. The topological polar surface area (TPSA) is 52.7 Å². The van der Waals surface area contributed by atoms with Crippen molar-refractivity contribution in [3.8, 4) is 5.75 Å². The minimum absolute atomic E-state index is 0.257. The van der Waals surface area contributed by atoms with E-state index in [1.807, 2.05) is 17.0 Å². The molecule has 2 aromatic carbocycles. The van der Waals surface area contributed by atoms with E-state index in [1.54, 1.807) is 25.1 Å². The second-order valence-electron chi connectivity index (χ2n) is 6.00. The van der Waals surface area contributed by atoms with Crippen molar-refractivity contribution in [3.63, 3.8) is 0 Å². The second kappa shape index (κ2) is 5.70. The predicted octanol–water partition coefficient (Wildman–Crippen LogP) is 3.31. The van der Waals surface area contributed by atoms with Gasteiger partial charge in [0, 0.05) is 57.0 Å². The van der Waals surface area contributed by atoms with E-state index in [9.17, 15) is 9.50 Å². The number of oxazole rings is 1. The number of hydrogen-bond acceptors (Lipinski definition) is 5. The summed E-state index contributed by atoms with van der Waals surface area (Å²) in [5.74, 6) is 0.518. The molecule has 24 heavy (non-hydrogen) atoms. The molecule has 1 N–H and O–H groups in total. The number of anilines is 2. The Morgan fingerprint density at radius 3 is 2.58 bits per heavy atom. The molecule has 1 aliphatic heterocycles. The number of aryl methyl sites for hydroxylation is 1. The molecule has 6 heteroatoms. The van der Waals surface area contributed by atoms with Gasteiger partial charge in [-0.15, -0.1) is 0 Å². The Morgan fingerprint density at radius 1 is 1.08 bits per heavy atom. The highest BCUT2D eigenvalue weighted by molar-refractivity contribution is 5.78. The summed E-state index contributed by atoms with van der Waals surface area (Å²) < 4.78 is 19.9. The summed E-state index contributed by atoms with van der Waals surface area (Å²) in [6.07, 6.45) is 0. The molecule has 0 atom stereocenters. The van der Waals surface area contributed by atoms with Gasteiger partial charge >= 0.3 is 0 Å². The van der Waals surface area contributed by atoms with Gasteiger partial charge in [-0.05, 0) is 12.1 Å². The van der Waals surface area contributed by atoms with E-state index < -0.39 is 0 Å². The van der Waals surface area contributed by atoms with E-state index in [4.69, 9.17) is 4.42 Å². The summed E-state index contributed by atoms with van der Waals surface area (Å²) >= 11 is 0. The number of fused-ring (bicyclic) bond motifs is 1. The van der Waals surface area contributed by atoms with Crippen molar-refractivity contribution in [2.45, 2.75) is 6.92 Å². The molecule has 0 amide bonds. The zero-order chi connectivity index (χ0) is 16.7. The highest BCUT2D eigenvalue weighted by atomic mass is 19.1. The number of piperazine rings is 1. The molecule has 0 aliphatic carbocycles. The minimum Gasteiger partial charge on any atom is -0.508 e. The van der Waals surface area contributed by atoms with Gasteiger partial charge in [-0.3, -0.25) is 0 Å². The minimum atomic E-state index is -0.276. The Labute approximate surface area is 138 Å². The van der Waals surface area contributed by atoms with Crippen LogP contribution in [0.1, 0.15) is 5.89 Å². The van der Waals surface area contributed by atoms with Crippen molar-refractivity contribution in [1.82, 2.24) is 4.98 Å². The first-order valence-electron chi connectivity index (χ1n) is 7.96. The van der Waals surface area contributed by atoms with Crippen molar-refractivity contribution in [1.29, 1.82) is 0 Å². The average molecular weight is 327 g/mol. The van der Waals surface area contributed by atoms with E-state index in [-0.39, 0.29) is 11.6 Å². The number of halogens is 1. The van der Waals surface area contributed by atoms with Crippen molar-refractivity contribution < 1.29 is 13.9 Å². The molecule has 0 spiro atoms. The van der Waals surface area contributed by atoms with Crippen LogP contribution in [0, 0.1) is 12.7 Å². The van der Waals surface area contributed by atoms with Crippen LogP contribution in [-0.2, 0) is 0 Å². The quantitative estimate of drug-likeness (QED) is 0.782.